The van der Waals surface area contributed by atoms with E-state index in [1.807, 2.05) is 48.0 Å². The van der Waals surface area contributed by atoms with Gasteiger partial charge in [-0.3, -0.25) is 4.79 Å². The van der Waals surface area contributed by atoms with E-state index in [0.717, 1.165) is 28.8 Å². The monoisotopic (exact) mass is 402 g/mol. The van der Waals surface area contributed by atoms with Crippen LogP contribution in [-0.4, -0.2) is 37.6 Å². The maximum Gasteiger partial charge on any atom is 0.232 e. The molecule has 5 rings (SSSR count). The van der Waals surface area contributed by atoms with Crippen LogP contribution in [0.15, 0.2) is 40.9 Å². The van der Waals surface area contributed by atoms with Crippen molar-refractivity contribution in [3.05, 3.63) is 53.4 Å². The van der Waals surface area contributed by atoms with Crippen molar-refractivity contribution in [3.8, 4) is 11.4 Å². The molecule has 0 radical (unpaired) electrons. The standard InChI is InChI=1S/C22H22N6O2/c1-4-28-19-8-6-15(10-18(19)24-26-28)21-23-22(30-25-21)16-11-20(29)27(12-16)17-7-5-13(2)14(3)9-17/h5-10,16H,4,11-12H2,1-3H3/t16-/m0/s1. The first kappa shape index (κ1) is 18.5. The Kier molecular flexibility index (Phi) is 4.34. The average Bonchev–Trinajstić information content (AvgIpc) is 3.47. The topological polar surface area (TPSA) is 89.9 Å². The van der Waals surface area contributed by atoms with Gasteiger partial charge in [0, 0.05) is 30.8 Å². The van der Waals surface area contributed by atoms with Crippen molar-refractivity contribution in [2.75, 3.05) is 11.4 Å². The molecule has 1 saturated heterocycles. The second-order valence-electron chi connectivity index (χ2n) is 7.74. The van der Waals surface area contributed by atoms with Crippen LogP contribution >= 0.6 is 0 Å². The SMILES string of the molecule is CCn1nnc2cc(-c3noc([C@H]4CC(=O)N(c5ccc(C)c(C)c5)C4)n3)ccc21. The molecule has 4 aromatic rings. The summed E-state index contributed by atoms with van der Waals surface area (Å²) in [7, 11) is 0. The fourth-order valence-electron chi connectivity index (χ4n) is 3.88. The third kappa shape index (κ3) is 3.04. The summed E-state index contributed by atoms with van der Waals surface area (Å²) in [5.41, 5.74) is 5.86. The number of amides is 1. The Morgan fingerprint density at radius 1 is 1.13 bits per heavy atom. The van der Waals surface area contributed by atoms with Gasteiger partial charge in [-0.15, -0.1) is 5.10 Å². The van der Waals surface area contributed by atoms with Gasteiger partial charge < -0.3 is 9.42 Å². The number of carbonyl (C=O) groups is 1. The van der Waals surface area contributed by atoms with Gasteiger partial charge >= 0.3 is 0 Å². The van der Waals surface area contributed by atoms with E-state index >= 15 is 0 Å². The molecule has 2 aromatic carbocycles. The third-order valence-corrected chi connectivity index (χ3v) is 5.79. The molecule has 1 aliphatic rings. The number of aryl methyl sites for hydroxylation is 3. The lowest BCUT2D eigenvalue weighted by Gasteiger charge is -2.17. The summed E-state index contributed by atoms with van der Waals surface area (Å²) in [6.45, 7) is 7.43. The molecule has 0 aliphatic carbocycles. The zero-order chi connectivity index (χ0) is 20.8. The summed E-state index contributed by atoms with van der Waals surface area (Å²) in [6.07, 6.45) is 0.360. The Bertz CT molecular complexity index is 1260. The van der Waals surface area contributed by atoms with Crippen molar-refractivity contribution in [1.29, 1.82) is 0 Å². The fourth-order valence-corrected chi connectivity index (χ4v) is 3.88. The van der Waals surface area contributed by atoms with Gasteiger partial charge in [-0.05, 0) is 62.2 Å². The molecule has 152 valence electrons. The molecule has 0 bridgehead atoms. The highest BCUT2D eigenvalue weighted by molar-refractivity contribution is 5.96. The lowest BCUT2D eigenvalue weighted by Crippen LogP contribution is -2.24. The van der Waals surface area contributed by atoms with Gasteiger partial charge in [0.05, 0.1) is 11.4 Å². The summed E-state index contributed by atoms with van der Waals surface area (Å²) in [6, 6.07) is 11.9. The van der Waals surface area contributed by atoms with Gasteiger partial charge in [-0.1, -0.05) is 16.4 Å². The second-order valence-corrected chi connectivity index (χ2v) is 7.74. The smallest absolute Gasteiger partial charge is 0.232 e. The van der Waals surface area contributed by atoms with Crippen molar-refractivity contribution in [3.63, 3.8) is 0 Å². The molecule has 8 nitrogen and oxygen atoms in total. The van der Waals surface area contributed by atoms with Crippen LogP contribution in [0.25, 0.3) is 22.4 Å². The molecular weight excluding hydrogens is 380 g/mol. The zero-order valence-electron chi connectivity index (χ0n) is 17.2. The minimum atomic E-state index is -0.120. The maximum atomic E-state index is 12.6. The number of hydrogen-bond acceptors (Lipinski definition) is 6. The van der Waals surface area contributed by atoms with Crippen LogP contribution in [0.2, 0.25) is 0 Å². The highest BCUT2D eigenvalue weighted by Gasteiger charge is 2.35. The van der Waals surface area contributed by atoms with Crippen LogP contribution in [-0.2, 0) is 11.3 Å². The first-order chi connectivity index (χ1) is 14.5. The summed E-state index contributed by atoms with van der Waals surface area (Å²) in [5.74, 6) is 0.933. The van der Waals surface area contributed by atoms with E-state index in [4.69, 9.17) is 4.52 Å². The third-order valence-electron chi connectivity index (χ3n) is 5.79. The first-order valence-corrected chi connectivity index (χ1v) is 10.1. The van der Waals surface area contributed by atoms with E-state index < -0.39 is 0 Å². The summed E-state index contributed by atoms with van der Waals surface area (Å²) >= 11 is 0. The molecule has 1 atom stereocenters. The van der Waals surface area contributed by atoms with E-state index in [-0.39, 0.29) is 11.8 Å². The Hall–Kier alpha value is -3.55. The molecule has 30 heavy (non-hydrogen) atoms. The number of hydrogen-bond donors (Lipinski definition) is 0. The molecular formula is C22H22N6O2. The number of anilines is 1. The number of fused-ring (bicyclic) bond motifs is 1. The van der Waals surface area contributed by atoms with Gasteiger partial charge in [0.15, 0.2) is 0 Å². The Labute approximate surface area is 173 Å². The first-order valence-electron chi connectivity index (χ1n) is 10.1. The van der Waals surface area contributed by atoms with E-state index in [1.165, 1.54) is 11.1 Å². The predicted molar refractivity (Wildman–Crippen MR) is 112 cm³/mol. The summed E-state index contributed by atoms with van der Waals surface area (Å²) in [4.78, 5) is 19.0. The number of rotatable bonds is 4. The zero-order valence-corrected chi connectivity index (χ0v) is 17.2. The molecule has 0 saturated carbocycles. The van der Waals surface area contributed by atoms with Crippen molar-refractivity contribution < 1.29 is 9.32 Å². The summed E-state index contributed by atoms with van der Waals surface area (Å²) in [5, 5.41) is 12.5. The molecule has 1 amide bonds. The van der Waals surface area contributed by atoms with Gasteiger partial charge in [0.25, 0.3) is 0 Å². The normalized spacial score (nSPS) is 16.7. The van der Waals surface area contributed by atoms with E-state index in [2.05, 4.69) is 34.3 Å². The number of carbonyl (C=O) groups excluding carboxylic acids is 1. The van der Waals surface area contributed by atoms with Crippen molar-refractivity contribution in [2.45, 2.75) is 39.7 Å². The Morgan fingerprint density at radius 2 is 2.00 bits per heavy atom. The van der Waals surface area contributed by atoms with Crippen molar-refractivity contribution in [1.82, 2.24) is 25.1 Å². The van der Waals surface area contributed by atoms with Gasteiger partial charge in [-0.2, -0.15) is 4.98 Å². The van der Waals surface area contributed by atoms with E-state index in [0.29, 0.717) is 24.7 Å². The van der Waals surface area contributed by atoms with Crippen LogP contribution in [0, 0.1) is 13.8 Å². The van der Waals surface area contributed by atoms with E-state index in [9.17, 15) is 4.79 Å². The van der Waals surface area contributed by atoms with Crippen LogP contribution in [0.5, 0.6) is 0 Å². The summed E-state index contributed by atoms with van der Waals surface area (Å²) < 4.78 is 7.38. The minimum absolute atomic E-state index is 0.0700. The molecule has 0 N–H and O–H groups in total. The Balaban J connectivity index is 1.39. The highest BCUT2D eigenvalue weighted by atomic mass is 16.5. The predicted octanol–water partition coefficient (Wildman–Crippen LogP) is 3.64. The quantitative estimate of drug-likeness (QED) is 0.518. The molecule has 1 fully saturated rings. The average molecular weight is 402 g/mol. The molecule has 3 heterocycles. The largest absolute Gasteiger partial charge is 0.339 e. The van der Waals surface area contributed by atoms with Crippen LogP contribution < -0.4 is 4.90 Å². The molecule has 0 spiro atoms. The lowest BCUT2D eigenvalue weighted by atomic mass is 10.1. The number of nitrogens with zero attached hydrogens (tertiary/aromatic N) is 6. The van der Waals surface area contributed by atoms with Crippen LogP contribution in [0.3, 0.4) is 0 Å². The molecule has 1 aliphatic heterocycles. The van der Waals surface area contributed by atoms with Crippen molar-refractivity contribution >= 4 is 22.6 Å². The van der Waals surface area contributed by atoms with E-state index in [1.54, 1.807) is 4.90 Å². The molecule has 8 heteroatoms. The highest BCUT2D eigenvalue weighted by Crippen LogP contribution is 2.33. The maximum absolute atomic E-state index is 12.6. The van der Waals surface area contributed by atoms with Gasteiger partial charge in [0.2, 0.25) is 17.6 Å². The van der Waals surface area contributed by atoms with Crippen LogP contribution in [0.4, 0.5) is 5.69 Å². The lowest BCUT2D eigenvalue weighted by molar-refractivity contribution is -0.117. The van der Waals surface area contributed by atoms with Gasteiger partial charge in [-0.25, -0.2) is 4.68 Å². The fraction of sp³-hybridized carbons (Fsp3) is 0.318. The van der Waals surface area contributed by atoms with Gasteiger partial charge in [0.1, 0.15) is 5.52 Å². The van der Waals surface area contributed by atoms with Crippen molar-refractivity contribution in [2.24, 2.45) is 0 Å². The molecule has 0 unspecified atom stereocenters. The minimum Gasteiger partial charge on any atom is -0.339 e. The Morgan fingerprint density at radius 3 is 2.80 bits per heavy atom. The number of benzene rings is 2. The second kappa shape index (κ2) is 7.05. The van der Waals surface area contributed by atoms with Crippen LogP contribution in [0.1, 0.15) is 36.3 Å². The number of aromatic nitrogens is 5. The molecule has 2 aromatic heterocycles.